The van der Waals surface area contributed by atoms with E-state index >= 15 is 0 Å². The van der Waals surface area contributed by atoms with E-state index in [1.54, 1.807) is 28.6 Å². The fourth-order valence-corrected chi connectivity index (χ4v) is 4.84. The molecular weight excluding hydrogens is 528 g/mol. The summed E-state index contributed by atoms with van der Waals surface area (Å²) in [7, 11) is 1.82. The molecule has 0 radical (unpaired) electrons. The van der Waals surface area contributed by atoms with Crippen LogP contribution in [0.3, 0.4) is 0 Å². The highest BCUT2D eigenvalue weighted by molar-refractivity contribution is 5.97. The van der Waals surface area contributed by atoms with Crippen LogP contribution >= 0.6 is 0 Å². The number of carbonyl (C=O) groups excluding carboxylic acids is 1. The molecule has 0 fully saturated rings. The predicted octanol–water partition coefficient (Wildman–Crippen LogP) is 3.80. The second kappa shape index (κ2) is 11.0. The molecule has 0 bridgehead atoms. The lowest BCUT2D eigenvalue weighted by atomic mass is 10.0. The summed E-state index contributed by atoms with van der Waals surface area (Å²) in [6, 6.07) is 16.1. The molecule has 0 unspecified atom stereocenters. The predicted molar refractivity (Wildman–Crippen MR) is 162 cm³/mol. The van der Waals surface area contributed by atoms with Crippen LogP contribution in [0.4, 0.5) is 5.82 Å². The topological polar surface area (TPSA) is 133 Å². The van der Waals surface area contributed by atoms with Crippen molar-refractivity contribution >= 4 is 34.4 Å². The molecule has 42 heavy (non-hydrogen) atoms. The van der Waals surface area contributed by atoms with Gasteiger partial charge < -0.3 is 11.1 Å². The largest absolute Gasteiger partial charge is 0.382 e. The third-order valence-corrected chi connectivity index (χ3v) is 6.85. The number of aryl methyl sites for hydroxylation is 1. The highest BCUT2D eigenvalue weighted by Crippen LogP contribution is 2.24. The van der Waals surface area contributed by atoms with E-state index in [0.29, 0.717) is 45.5 Å². The average molecular weight is 555 g/mol. The van der Waals surface area contributed by atoms with Crippen LogP contribution in [0.15, 0.2) is 89.1 Å². The summed E-state index contributed by atoms with van der Waals surface area (Å²) < 4.78 is 3.28. The van der Waals surface area contributed by atoms with Crippen molar-refractivity contribution in [1.82, 2.24) is 29.6 Å². The third-order valence-electron chi connectivity index (χ3n) is 6.85. The van der Waals surface area contributed by atoms with Gasteiger partial charge >= 0.3 is 0 Å². The number of nitrogen functional groups attached to an aromatic ring is 1. The number of nitrogens with one attached hydrogen (secondary N) is 1. The Balaban J connectivity index is 1.43. The van der Waals surface area contributed by atoms with Gasteiger partial charge in [-0.3, -0.25) is 23.8 Å². The molecule has 4 heterocycles. The Labute approximate surface area is 241 Å². The number of allylic oxidation sites excluding steroid dienone is 1. The van der Waals surface area contributed by atoms with Crippen LogP contribution in [0.25, 0.3) is 22.2 Å². The normalized spacial score (nSPS) is 13.0. The summed E-state index contributed by atoms with van der Waals surface area (Å²) in [5.74, 6) is 5.73. The molecule has 1 aliphatic heterocycles. The molecule has 0 aliphatic carbocycles. The number of rotatable bonds is 5. The van der Waals surface area contributed by atoms with Gasteiger partial charge in [0.2, 0.25) is 0 Å². The Morgan fingerprint density at radius 3 is 2.67 bits per heavy atom. The molecule has 10 nitrogen and oxygen atoms in total. The molecule has 3 aromatic heterocycles. The number of nitrogens with zero attached hydrogens (tertiary/aromatic N) is 6. The number of carbonyl (C=O) groups is 1. The van der Waals surface area contributed by atoms with Crippen molar-refractivity contribution in [2.45, 2.75) is 19.4 Å². The molecule has 1 aliphatic rings. The average Bonchev–Trinajstić information content (AvgIpc) is 3.68. The fourth-order valence-electron chi connectivity index (χ4n) is 4.84. The Morgan fingerprint density at radius 1 is 1.10 bits per heavy atom. The molecule has 2 aromatic carbocycles. The zero-order valence-corrected chi connectivity index (χ0v) is 22.9. The quantitative estimate of drug-likeness (QED) is 0.318. The van der Waals surface area contributed by atoms with Gasteiger partial charge in [-0.25, -0.2) is 9.97 Å². The monoisotopic (exact) mass is 554 g/mol. The third kappa shape index (κ3) is 5.07. The zero-order valence-electron chi connectivity index (χ0n) is 22.9. The van der Waals surface area contributed by atoms with Crippen molar-refractivity contribution in [1.29, 1.82) is 0 Å². The van der Waals surface area contributed by atoms with Gasteiger partial charge in [0.25, 0.3) is 11.5 Å². The summed E-state index contributed by atoms with van der Waals surface area (Å²) in [6.45, 7) is 1.81. The van der Waals surface area contributed by atoms with Gasteiger partial charge in [-0.15, -0.1) is 0 Å². The number of anilines is 1. The second-order valence-electron chi connectivity index (χ2n) is 9.79. The first-order valence-corrected chi connectivity index (χ1v) is 13.3. The van der Waals surface area contributed by atoms with Gasteiger partial charge in [-0.1, -0.05) is 48.2 Å². The minimum Gasteiger partial charge on any atom is -0.382 e. The molecule has 1 atom stereocenters. The molecular formula is C32H26N8O2. The first-order valence-electron chi connectivity index (χ1n) is 13.3. The lowest BCUT2D eigenvalue weighted by molar-refractivity contribution is 0.0934. The maximum Gasteiger partial charge on any atom is 0.274 e. The summed E-state index contributed by atoms with van der Waals surface area (Å²) >= 11 is 0. The van der Waals surface area contributed by atoms with Gasteiger partial charge in [0.15, 0.2) is 11.5 Å². The highest BCUT2D eigenvalue weighted by atomic mass is 16.2. The van der Waals surface area contributed by atoms with Crippen LogP contribution in [0.2, 0.25) is 0 Å². The van der Waals surface area contributed by atoms with E-state index in [2.05, 4.69) is 37.2 Å². The minimum atomic E-state index is -0.603. The van der Waals surface area contributed by atoms with Crippen LogP contribution in [0, 0.1) is 11.8 Å². The maximum atomic E-state index is 14.2. The Bertz CT molecular complexity index is 2030. The molecule has 0 saturated heterocycles. The smallest absolute Gasteiger partial charge is 0.274 e. The van der Waals surface area contributed by atoms with Crippen LogP contribution in [0.5, 0.6) is 0 Å². The molecule has 0 saturated carbocycles. The van der Waals surface area contributed by atoms with Crippen molar-refractivity contribution in [2.24, 2.45) is 12.0 Å². The Hall–Kier alpha value is -5.82. The van der Waals surface area contributed by atoms with E-state index in [1.807, 2.05) is 73.9 Å². The van der Waals surface area contributed by atoms with Crippen LogP contribution in [0.1, 0.15) is 52.4 Å². The SMILES string of the molecule is C[C@H](NC(=O)c1nc(C2=CCC=N2)cnc1N)c1cc2cccc(C#Cc3cnn(C)c3)c2c(=O)n1-c1ccccc1. The number of amides is 1. The first kappa shape index (κ1) is 26.4. The van der Waals surface area contributed by atoms with Crippen molar-refractivity contribution in [3.63, 3.8) is 0 Å². The van der Waals surface area contributed by atoms with Gasteiger partial charge in [0.05, 0.1) is 35.1 Å². The number of aliphatic imine (C=N–C) groups is 1. The summed E-state index contributed by atoms with van der Waals surface area (Å²) in [5, 5.41) is 8.30. The van der Waals surface area contributed by atoms with Crippen molar-refractivity contribution in [3.8, 4) is 17.5 Å². The van der Waals surface area contributed by atoms with Gasteiger partial charge in [0, 0.05) is 42.8 Å². The van der Waals surface area contributed by atoms with Crippen LogP contribution < -0.4 is 16.6 Å². The minimum absolute atomic E-state index is 0.00169. The van der Waals surface area contributed by atoms with Crippen LogP contribution in [-0.4, -0.2) is 36.4 Å². The summed E-state index contributed by atoms with van der Waals surface area (Å²) in [4.78, 5) is 40.5. The van der Waals surface area contributed by atoms with Gasteiger partial charge in [-0.05, 0) is 36.6 Å². The molecule has 10 heteroatoms. The van der Waals surface area contributed by atoms with E-state index in [0.717, 1.165) is 5.56 Å². The number of nitrogens with two attached hydrogens (primary N) is 1. The number of pyridine rings is 1. The van der Waals surface area contributed by atoms with Crippen molar-refractivity contribution < 1.29 is 4.79 Å². The number of fused-ring (bicyclic) bond motifs is 1. The standard InChI is InChI=1S/C32H26N8O2/c1-20(37-31(41)29-30(33)35-18-26(38-29)25-12-7-15-34-25)27-16-23-9-6-8-22(14-13-21-17-36-39(2)19-21)28(23)32(42)40(27)24-10-4-3-5-11-24/h3-6,8-12,15-20H,7H2,1-2H3,(H2,33,35)(H,37,41)/t20-/m0/s1. The summed E-state index contributed by atoms with van der Waals surface area (Å²) in [5.41, 5.74) is 9.46. The van der Waals surface area contributed by atoms with Gasteiger partial charge in [0.1, 0.15) is 5.69 Å². The zero-order chi connectivity index (χ0) is 29.2. The molecule has 206 valence electrons. The number of hydrogen-bond donors (Lipinski definition) is 2. The van der Waals surface area contributed by atoms with E-state index in [1.165, 1.54) is 6.20 Å². The van der Waals surface area contributed by atoms with Gasteiger partial charge in [-0.2, -0.15) is 5.10 Å². The lowest BCUT2D eigenvalue weighted by Gasteiger charge is -2.21. The van der Waals surface area contributed by atoms with E-state index < -0.39 is 11.9 Å². The number of para-hydroxylation sites is 1. The fraction of sp³-hybridized carbons (Fsp3) is 0.125. The molecule has 3 N–H and O–H groups in total. The second-order valence-corrected chi connectivity index (χ2v) is 9.79. The summed E-state index contributed by atoms with van der Waals surface area (Å²) in [6.07, 6.45) is 9.33. The maximum absolute atomic E-state index is 14.2. The molecule has 1 amide bonds. The van der Waals surface area contributed by atoms with Crippen molar-refractivity contribution in [3.05, 3.63) is 118 Å². The van der Waals surface area contributed by atoms with Crippen LogP contribution in [-0.2, 0) is 7.05 Å². The van der Waals surface area contributed by atoms with E-state index in [4.69, 9.17) is 5.73 Å². The number of benzene rings is 2. The first-order chi connectivity index (χ1) is 20.4. The Kier molecular flexibility index (Phi) is 6.90. The molecule has 0 spiro atoms. The number of aromatic nitrogens is 5. The highest BCUT2D eigenvalue weighted by Gasteiger charge is 2.22. The number of hydrogen-bond acceptors (Lipinski definition) is 7. The van der Waals surface area contributed by atoms with E-state index in [-0.39, 0.29) is 17.1 Å². The lowest BCUT2D eigenvalue weighted by Crippen LogP contribution is -2.33. The molecule has 6 rings (SSSR count). The van der Waals surface area contributed by atoms with E-state index in [9.17, 15) is 9.59 Å². The molecule has 5 aromatic rings. The Morgan fingerprint density at radius 2 is 1.93 bits per heavy atom. The van der Waals surface area contributed by atoms with Crippen molar-refractivity contribution in [2.75, 3.05) is 5.73 Å².